The normalized spacial score (nSPS) is 11.0. The van der Waals surface area contributed by atoms with E-state index in [1.54, 1.807) is 0 Å². The smallest absolute Gasteiger partial charge is 0.162 e. The first-order valence-corrected chi connectivity index (χ1v) is 14.5. The Morgan fingerprint density at radius 3 is 2.26 bits per heavy atom. The molecule has 0 aromatic heterocycles. The standard InChI is InChI=1S/C34H39NO2.C2H6/c1-7-11-30(12-8-2)37-34-18-16-27(21-29(34)22-35)32-14-10-13-26(25(32)6)19-23(4)31-17-15-28(20-24(31)5)33(36)9-3;1-2/h10,13-21,30H,7-9,11-12H2,1-6H3;1-2H3/b23-19+;. The van der Waals surface area contributed by atoms with Crippen molar-refractivity contribution in [3.05, 3.63) is 88.0 Å². The molecule has 3 heteroatoms. The van der Waals surface area contributed by atoms with Gasteiger partial charge in [0, 0.05) is 12.0 Å². The Bertz CT molecular complexity index is 1320. The van der Waals surface area contributed by atoms with E-state index in [-0.39, 0.29) is 11.9 Å². The highest BCUT2D eigenvalue weighted by molar-refractivity contribution is 5.96. The minimum absolute atomic E-state index is 0.142. The Hall–Kier alpha value is -3.64. The van der Waals surface area contributed by atoms with Gasteiger partial charge in [-0.05, 0) is 90.8 Å². The zero-order valence-corrected chi connectivity index (χ0v) is 25.2. The van der Waals surface area contributed by atoms with Gasteiger partial charge in [0.1, 0.15) is 11.8 Å². The third-order valence-corrected chi connectivity index (χ3v) is 6.97. The zero-order chi connectivity index (χ0) is 28.9. The Morgan fingerprint density at radius 1 is 0.974 bits per heavy atom. The summed E-state index contributed by atoms with van der Waals surface area (Å²) < 4.78 is 6.25. The number of ketones is 1. The van der Waals surface area contributed by atoms with Crippen LogP contribution in [0.25, 0.3) is 22.8 Å². The fourth-order valence-electron chi connectivity index (χ4n) is 4.89. The number of hydrogen-bond acceptors (Lipinski definition) is 3. The lowest BCUT2D eigenvalue weighted by atomic mass is 9.92. The molecule has 0 heterocycles. The van der Waals surface area contributed by atoms with E-state index in [0.29, 0.717) is 17.7 Å². The first-order valence-electron chi connectivity index (χ1n) is 14.5. The van der Waals surface area contributed by atoms with Crippen molar-refractivity contribution in [3.63, 3.8) is 0 Å². The van der Waals surface area contributed by atoms with Crippen molar-refractivity contribution in [3.8, 4) is 22.9 Å². The van der Waals surface area contributed by atoms with E-state index < -0.39 is 0 Å². The van der Waals surface area contributed by atoms with Crippen molar-refractivity contribution in [2.45, 2.75) is 93.6 Å². The summed E-state index contributed by atoms with van der Waals surface area (Å²) in [6, 6.07) is 20.5. The topological polar surface area (TPSA) is 50.1 Å². The maximum absolute atomic E-state index is 12.1. The first-order chi connectivity index (χ1) is 18.8. The van der Waals surface area contributed by atoms with E-state index in [1.807, 2.05) is 51.1 Å². The molecule has 0 unspecified atom stereocenters. The minimum atomic E-state index is 0.142. The highest BCUT2D eigenvalue weighted by atomic mass is 16.5. The fourth-order valence-corrected chi connectivity index (χ4v) is 4.89. The van der Waals surface area contributed by atoms with Crippen LogP contribution in [-0.4, -0.2) is 11.9 Å². The number of rotatable bonds is 11. The van der Waals surface area contributed by atoms with Gasteiger partial charge in [0.25, 0.3) is 0 Å². The van der Waals surface area contributed by atoms with E-state index in [9.17, 15) is 10.1 Å². The van der Waals surface area contributed by atoms with Gasteiger partial charge in [-0.25, -0.2) is 0 Å². The summed E-state index contributed by atoms with van der Waals surface area (Å²) in [4.78, 5) is 12.1. The third-order valence-electron chi connectivity index (χ3n) is 6.97. The van der Waals surface area contributed by atoms with Crippen molar-refractivity contribution in [1.82, 2.24) is 0 Å². The third kappa shape index (κ3) is 8.17. The maximum atomic E-state index is 12.1. The number of aryl methyl sites for hydroxylation is 1. The molecule has 3 rings (SSSR count). The second-order valence-electron chi connectivity index (χ2n) is 9.79. The van der Waals surface area contributed by atoms with E-state index in [1.165, 1.54) is 0 Å². The highest BCUT2D eigenvalue weighted by Gasteiger charge is 2.14. The van der Waals surface area contributed by atoms with Crippen LogP contribution >= 0.6 is 0 Å². The van der Waals surface area contributed by atoms with Crippen molar-refractivity contribution in [2.75, 3.05) is 0 Å². The highest BCUT2D eigenvalue weighted by Crippen LogP contribution is 2.32. The molecule has 0 N–H and O–H groups in total. The molecule has 3 nitrogen and oxygen atoms in total. The molecular weight excluding hydrogens is 478 g/mol. The molecule has 0 radical (unpaired) electrons. The van der Waals surface area contributed by atoms with Crippen molar-refractivity contribution < 1.29 is 9.53 Å². The monoisotopic (exact) mass is 523 g/mol. The zero-order valence-electron chi connectivity index (χ0n) is 25.2. The van der Waals surface area contributed by atoms with Gasteiger partial charge in [-0.15, -0.1) is 0 Å². The second kappa shape index (κ2) is 15.7. The molecule has 206 valence electrons. The van der Waals surface area contributed by atoms with E-state index in [0.717, 1.165) is 70.2 Å². The first kappa shape index (κ1) is 31.6. The summed E-state index contributed by atoms with van der Waals surface area (Å²) in [5.41, 5.74) is 9.12. The van der Waals surface area contributed by atoms with Gasteiger partial charge in [0.15, 0.2) is 5.78 Å². The van der Waals surface area contributed by atoms with Crippen molar-refractivity contribution in [1.29, 1.82) is 5.26 Å². The Labute approximate surface area is 236 Å². The van der Waals surface area contributed by atoms with Crippen LogP contribution in [-0.2, 0) is 0 Å². The van der Waals surface area contributed by atoms with Gasteiger partial charge in [0.05, 0.1) is 11.7 Å². The van der Waals surface area contributed by atoms with Crippen LogP contribution in [0.2, 0.25) is 0 Å². The SMILES string of the molecule is CC.CCCC(CCC)Oc1ccc(-c2cccc(/C=C(\C)c3ccc(C(=O)CC)cc3C)c2C)cc1C#N. The maximum Gasteiger partial charge on any atom is 0.162 e. The van der Waals surface area contributed by atoms with E-state index in [2.05, 4.69) is 71.0 Å². The Kier molecular flexibility index (Phi) is 12.7. The molecule has 3 aromatic rings. The number of ether oxygens (including phenoxy) is 1. The van der Waals surface area contributed by atoms with Crippen LogP contribution in [0.4, 0.5) is 0 Å². The second-order valence-corrected chi connectivity index (χ2v) is 9.79. The van der Waals surface area contributed by atoms with E-state index in [4.69, 9.17) is 4.74 Å². The lowest BCUT2D eigenvalue weighted by Gasteiger charge is -2.19. The molecule has 0 saturated heterocycles. The van der Waals surface area contributed by atoms with Gasteiger partial charge >= 0.3 is 0 Å². The number of allylic oxidation sites excluding steroid dienone is 1. The number of carbonyl (C=O) groups is 1. The van der Waals surface area contributed by atoms with Crippen LogP contribution in [0.1, 0.15) is 112 Å². The summed E-state index contributed by atoms with van der Waals surface area (Å²) in [5.74, 6) is 0.836. The van der Waals surface area contributed by atoms with Gasteiger partial charge in [-0.2, -0.15) is 5.26 Å². The molecule has 0 saturated carbocycles. The van der Waals surface area contributed by atoms with Gasteiger partial charge in [-0.1, -0.05) is 89.9 Å². The number of nitrogens with zero attached hydrogens (tertiary/aromatic N) is 1. The number of benzene rings is 3. The number of carbonyl (C=O) groups excluding carboxylic acids is 1. The molecule has 0 amide bonds. The van der Waals surface area contributed by atoms with Crippen LogP contribution < -0.4 is 4.74 Å². The summed E-state index contributed by atoms with van der Waals surface area (Å²) in [6.45, 7) is 16.5. The molecular formula is C36H45NO2. The van der Waals surface area contributed by atoms with Crippen molar-refractivity contribution in [2.24, 2.45) is 0 Å². The van der Waals surface area contributed by atoms with Crippen LogP contribution in [0.3, 0.4) is 0 Å². The molecule has 0 atom stereocenters. The largest absolute Gasteiger partial charge is 0.489 e. The average Bonchev–Trinajstić information content (AvgIpc) is 2.95. The summed E-state index contributed by atoms with van der Waals surface area (Å²) in [5, 5.41) is 9.87. The fraction of sp³-hybridized carbons (Fsp3) is 0.389. The quantitative estimate of drug-likeness (QED) is 0.185. The van der Waals surface area contributed by atoms with Gasteiger partial charge in [-0.3, -0.25) is 4.79 Å². The minimum Gasteiger partial charge on any atom is -0.489 e. The van der Waals surface area contributed by atoms with Crippen LogP contribution in [0.5, 0.6) is 5.75 Å². The van der Waals surface area contributed by atoms with Crippen molar-refractivity contribution >= 4 is 17.4 Å². The number of nitriles is 1. The number of hydrogen-bond donors (Lipinski definition) is 0. The molecule has 0 fully saturated rings. The average molecular weight is 524 g/mol. The summed E-state index contributed by atoms with van der Waals surface area (Å²) >= 11 is 0. The molecule has 0 aliphatic carbocycles. The molecule has 0 spiro atoms. The Morgan fingerprint density at radius 2 is 1.67 bits per heavy atom. The lowest BCUT2D eigenvalue weighted by molar-refractivity contribution is 0.0988. The molecule has 3 aromatic carbocycles. The number of Topliss-reactive ketones (excluding diaryl/α,β-unsaturated/α-hetero) is 1. The molecule has 0 bridgehead atoms. The summed E-state index contributed by atoms with van der Waals surface area (Å²) in [7, 11) is 0. The molecule has 39 heavy (non-hydrogen) atoms. The van der Waals surface area contributed by atoms with Crippen LogP contribution in [0, 0.1) is 25.2 Å². The van der Waals surface area contributed by atoms with E-state index >= 15 is 0 Å². The predicted octanol–water partition coefficient (Wildman–Crippen LogP) is 10.4. The van der Waals surface area contributed by atoms with Gasteiger partial charge < -0.3 is 4.74 Å². The van der Waals surface area contributed by atoms with Crippen LogP contribution in [0.15, 0.2) is 54.6 Å². The lowest BCUT2D eigenvalue weighted by Crippen LogP contribution is -2.16. The molecule has 0 aliphatic heterocycles. The molecule has 0 aliphatic rings. The Balaban J connectivity index is 0.00000260. The van der Waals surface area contributed by atoms with Gasteiger partial charge in [0.2, 0.25) is 0 Å². The summed E-state index contributed by atoms with van der Waals surface area (Å²) in [6.07, 6.45) is 6.95. The predicted molar refractivity (Wildman–Crippen MR) is 166 cm³/mol.